The molecule has 1 aromatic carbocycles. The highest BCUT2D eigenvalue weighted by atomic mass is 19.4. The Morgan fingerprint density at radius 1 is 1.23 bits per heavy atom. The van der Waals surface area contributed by atoms with Crippen LogP contribution in [0.5, 0.6) is 0 Å². The molecule has 0 bridgehead atoms. The fourth-order valence-electron chi connectivity index (χ4n) is 2.13. The summed E-state index contributed by atoms with van der Waals surface area (Å²) in [5.74, 6) is 1.33. The normalized spacial score (nSPS) is 23.8. The number of ether oxygens (including phenoxy) is 1. The van der Waals surface area contributed by atoms with E-state index < -0.39 is 40.8 Å². The lowest BCUT2D eigenvalue weighted by atomic mass is 9.89. The summed E-state index contributed by atoms with van der Waals surface area (Å²) in [6.07, 6.45) is -5.53. The number of hydrogen-bond acceptors (Lipinski definition) is 2. The van der Waals surface area contributed by atoms with Gasteiger partial charge in [0.05, 0.1) is 11.3 Å². The first-order valence-electron chi connectivity index (χ1n) is 6.32. The van der Waals surface area contributed by atoms with Crippen molar-refractivity contribution in [1.82, 2.24) is 0 Å². The van der Waals surface area contributed by atoms with Crippen molar-refractivity contribution in [2.24, 2.45) is 5.92 Å². The van der Waals surface area contributed by atoms with Crippen LogP contribution in [-0.2, 0) is 10.3 Å². The Hall–Kier alpha value is -2.30. The van der Waals surface area contributed by atoms with E-state index in [9.17, 15) is 26.7 Å². The Bertz CT molecular complexity index is 714. The maximum atomic E-state index is 14.0. The summed E-state index contributed by atoms with van der Waals surface area (Å²) in [4.78, 5) is 11.4. The van der Waals surface area contributed by atoms with E-state index in [2.05, 4.69) is 10.7 Å². The number of fused-ring (bicyclic) bond motifs is 1. The molecule has 0 saturated heterocycles. The first-order valence-corrected chi connectivity index (χ1v) is 6.32. The molecular formula is C14H8F5NO2. The van der Waals surface area contributed by atoms with Crippen LogP contribution in [0.4, 0.5) is 32.4 Å². The molecule has 0 unspecified atom stereocenters. The van der Waals surface area contributed by atoms with Crippen molar-refractivity contribution < 1.29 is 31.5 Å². The average molecular weight is 317 g/mol. The van der Waals surface area contributed by atoms with E-state index in [4.69, 9.17) is 0 Å². The molecule has 1 heterocycles. The number of alkyl halides is 3. The van der Waals surface area contributed by atoms with E-state index in [-0.39, 0.29) is 5.92 Å². The van der Waals surface area contributed by atoms with Crippen LogP contribution in [0.1, 0.15) is 18.4 Å². The summed E-state index contributed by atoms with van der Waals surface area (Å²) >= 11 is 0. The quantitative estimate of drug-likeness (QED) is 0.585. The molecule has 2 aliphatic rings. The molecule has 1 aromatic rings. The number of nitrogens with one attached hydrogen (secondary N) is 1. The van der Waals surface area contributed by atoms with Gasteiger partial charge in [-0.05, 0) is 30.9 Å². The Morgan fingerprint density at radius 2 is 1.86 bits per heavy atom. The van der Waals surface area contributed by atoms with Gasteiger partial charge in [0.2, 0.25) is 0 Å². The molecule has 1 aliphatic heterocycles. The number of hydrogen-bond donors (Lipinski definition) is 1. The van der Waals surface area contributed by atoms with E-state index >= 15 is 0 Å². The van der Waals surface area contributed by atoms with Gasteiger partial charge in [-0.15, -0.1) is 0 Å². The molecule has 1 atom stereocenters. The molecule has 1 aliphatic carbocycles. The third-order valence-corrected chi connectivity index (χ3v) is 3.36. The van der Waals surface area contributed by atoms with E-state index in [1.807, 2.05) is 5.92 Å². The number of cyclic esters (lactones) is 1. The van der Waals surface area contributed by atoms with Gasteiger partial charge in [0.1, 0.15) is 11.6 Å². The fraction of sp³-hybridized carbons (Fsp3) is 0.357. The Kier molecular flexibility index (Phi) is 3.06. The third kappa shape index (κ3) is 2.17. The van der Waals surface area contributed by atoms with E-state index in [0.717, 1.165) is 0 Å². The van der Waals surface area contributed by atoms with Gasteiger partial charge in [0, 0.05) is 5.92 Å². The van der Waals surface area contributed by atoms with Crippen LogP contribution in [0.15, 0.2) is 12.1 Å². The third-order valence-electron chi connectivity index (χ3n) is 3.36. The van der Waals surface area contributed by atoms with Crippen LogP contribution < -0.4 is 5.32 Å². The molecule has 1 N–H and O–H groups in total. The Labute approximate surface area is 121 Å². The lowest BCUT2D eigenvalue weighted by Gasteiger charge is -2.35. The molecule has 1 amide bonds. The minimum Gasteiger partial charge on any atom is -0.415 e. The summed E-state index contributed by atoms with van der Waals surface area (Å²) < 4.78 is 72.6. The molecule has 8 heteroatoms. The minimum atomic E-state index is -5.23. The van der Waals surface area contributed by atoms with Gasteiger partial charge in [-0.2, -0.15) is 13.2 Å². The fourth-order valence-corrected chi connectivity index (χ4v) is 2.13. The second-order valence-electron chi connectivity index (χ2n) is 5.02. The van der Waals surface area contributed by atoms with Crippen molar-refractivity contribution in [2.75, 3.05) is 5.32 Å². The molecular weight excluding hydrogens is 309 g/mol. The van der Waals surface area contributed by atoms with Crippen LogP contribution in [-0.4, -0.2) is 12.3 Å². The molecule has 116 valence electrons. The molecule has 3 nitrogen and oxygen atoms in total. The van der Waals surface area contributed by atoms with Crippen molar-refractivity contribution in [3.8, 4) is 11.8 Å². The van der Waals surface area contributed by atoms with Gasteiger partial charge in [0.25, 0.3) is 5.60 Å². The van der Waals surface area contributed by atoms with Crippen molar-refractivity contribution in [3.05, 3.63) is 29.3 Å². The number of carbonyl (C=O) groups excluding carboxylic acids is 1. The lowest BCUT2D eigenvalue weighted by molar-refractivity contribution is -0.240. The molecule has 3 rings (SSSR count). The number of halogens is 5. The average Bonchev–Trinajstić information content (AvgIpc) is 3.23. The topological polar surface area (TPSA) is 38.3 Å². The van der Waals surface area contributed by atoms with Gasteiger partial charge in [-0.25, -0.2) is 13.6 Å². The van der Waals surface area contributed by atoms with Crippen molar-refractivity contribution in [1.29, 1.82) is 0 Å². The predicted molar refractivity (Wildman–Crippen MR) is 64.7 cm³/mol. The highest BCUT2D eigenvalue weighted by Crippen LogP contribution is 2.49. The van der Waals surface area contributed by atoms with Crippen LogP contribution in [0.25, 0.3) is 0 Å². The van der Waals surface area contributed by atoms with Crippen LogP contribution >= 0.6 is 0 Å². The maximum absolute atomic E-state index is 14.0. The van der Waals surface area contributed by atoms with Crippen LogP contribution in [0.2, 0.25) is 0 Å². The number of benzene rings is 1. The van der Waals surface area contributed by atoms with Crippen molar-refractivity contribution >= 4 is 11.8 Å². The summed E-state index contributed by atoms with van der Waals surface area (Å²) in [6, 6.07) is 1.16. The van der Waals surface area contributed by atoms with Crippen LogP contribution in [0.3, 0.4) is 0 Å². The van der Waals surface area contributed by atoms with Gasteiger partial charge in [0.15, 0.2) is 0 Å². The van der Waals surface area contributed by atoms with E-state index in [1.165, 1.54) is 0 Å². The van der Waals surface area contributed by atoms with Crippen molar-refractivity contribution in [2.45, 2.75) is 24.6 Å². The summed E-state index contributed by atoms with van der Waals surface area (Å²) in [5.41, 5.74) is -5.58. The Balaban J connectivity index is 2.30. The maximum Gasteiger partial charge on any atom is 0.445 e. The number of amides is 1. The standard InChI is InChI=1S/C14H8F5NO2/c15-8-3-4-9(16)11-10(8)13(14(17,18)19,22-12(21)20-11)6-5-7-1-2-7/h3-4,7H,1-2H2,(H,20,21)/t13-/m0/s1. The smallest absolute Gasteiger partial charge is 0.415 e. The SMILES string of the molecule is O=C1Nc2c(F)ccc(F)c2[C@@](C#CC2CC2)(C(F)(F)F)O1. The van der Waals surface area contributed by atoms with Gasteiger partial charge >= 0.3 is 12.3 Å². The summed E-state index contributed by atoms with van der Waals surface area (Å²) in [7, 11) is 0. The molecule has 0 spiro atoms. The van der Waals surface area contributed by atoms with Crippen molar-refractivity contribution in [3.63, 3.8) is 0 Å². The second-order valence-corrected chi connectivity index (χ2v) is 5.02. The zero-order valence-electron chi connectivity index (χ0n) is 10.9. The largest absolute Gasteiger partial charge is 0.445 e. The van der Waals surface area contributed by atoms with Crippen LogP contribution in [0, 0.1) is 29.4 Å². The molecule has 1 saturated carbocycles. The number of carbonyl (C=O) groups is 1. The summed E-state index contributed by atoms with van der Waals surface area (Å²) in [5, 5.41) is 1.76. The molecule has 0 aromatic heterocycles. The lowest BCUT2D eigenvalue weighted by Crippen LogP contribution is -2.50. The van der Waals surface area contributed by atoms with E-state index in [1.54, 1.807) is 5.32 Å². The molecule has 22 heavy (non-hydrogen) atoms. The highest BCUT2D eigenvalue weighted by Gasteiger charge is 2.63. The molecule has 0 radical (unpaired) electrons. The first-order chi connectivity index (χ1) is 10.2. The number of anilines is 1. The van der Waals surface area contributed by atoms with Gasteiger partial charge in [-0.1, -0.05) is 5.92 Å². The Morgan fingerprint density at radius 3 is 2.45 bits per heavy atom. The number of rotatable bonds is 0. The first kappa shape index (κ1) is 14.6. The van der Waals surface area contributed by atoms with Gasteiger partial charge in [-0.3, -0.25) is 5.32 Å². The minimum absolute atomic E-state index is 0.257. The monoisotopic (exact) mass is 317 g/mol. The second kappa shape index (κ2) is 4.60. The predicted octanol–water partition coefficient (Wildman–Crippen LogP) is 3.70. The zero-order valence-corrected chi connectivity index (χ0v) is 10.9. The summed E-state index contributed by atoms with van der Waals surface area (Å²) in [6.45, 7) is 0. The van der Waals surface area contributed by atoms with Gasteiger partial charge < -0.3 is 4.74 Å². The zero-order chi connectivity index (χ0) is 16.1. The molecule has 1 fully saturated rings. The highest BCUT2D eigenvalue weighted by molar-refractivity contribution is 5.90. The van der Waals surface area contributed by atoms with E-state index in [0.29, 0.717) is 25.0 Å².